The van der Waals surface area contributed by atoms with Crippen LogP contribution in [0.3, 0.4) is 0 Å². The SMILES string of the molecule is CN(C(=O)OC(C)(C)C)[C@H](C=O)CC(=O)OC1CCCCC1. The largest absolute Gasteiger partial charge is 0.462 e. The van der Waals surface area contributed by atoms with E-state index in [0.29, 0.717) is 6.29 Å². The van der Waals surface area contributed by atoms with Crippen LogP contribution in [0.4, 0.5) is 4.79 Å². The highest BCUT2D eigenvalue weighted by Crippen LogP contribution is 2.21. The molecule has 0 aromatic rings. The molecule has 1 fully saturated rings. The molecule has 6 nitrogen and oxygen atoms in total. The van der Waals surface area contributed by atoms with E-state index >= 15 is 0 Å². The minimum absolute atomic E-state index is 0.0552. The second kappa shape index (κ2) is 8.15. The van der Waals surface area contributed by atoms with Gasteiger partial charge in [0.25, 0.3) is 0 Å². The van der Waals surface area contributed by atoms with Crippen LogP contribution in [-0.2, 0) is 19.1 Å². The number of carbonyl (C=O) groups excluding carboxylic acids is 3. The highest BCUT2D eigenvalue weighted by molar-refractivity contribution is 5.79. The zero-order valence-corrected chi connectivity index (χ0v) is 14.0. The Bertz CT molecular complexity index is 396. The summed E-state index contributed by atoms with van der Waals surface area (Å²) < 4.78 is 10.6. The Morgan fingerprint density at radius 2 is 1.82 bits per heavy atom. The van der Waals surface area contributed by atoms with Crippen LogP contribution in [0.5, 0.6) is 0 Å². The van der Waals surface area contributed by atoms with Crippen LogP contribution in [0.25, 0.3) is 0 Å². The lowest BCUT2D eigenvalue weighted by atomic mass is 9.98. The predicted molar refractivity (Wildman–Crippen MR) is 81.4 cm³/mol. The molecular formula is C16H27NO5. The second-order valence-corrected chi connectivity index (χ2v) is 6.75. The summed E-state index contributed by atoms with van der Waals surface area (Å²) in [4.78, 5) is 36.2. The lowest BCUT2D eigenvalue weighted by Crippen LogP contribution is -2.43. The summed E-state index contributed by atoms with van der Waals surface area (Å²) in [6.07, 6.45) is 4.79. The Kier molecular flexibility index (Phi) is 6.84. The molecule has 1 aliphatic carbocycles. The van der Waals surface area contributed by atoms with Crippen molar-refractivity contribution in [3.8, 4) is 0 Å². The number of hydrogen-bond acceptors (Lipinski definition) is 5. The van der Waals surface area contributed by atoms with E-state index in [0.717, 1.165) is 30.6 Å². The zero-order chi connectivity index (χ0) is 16.8. The summed E-state index contributed by atoms with van der Waals surface area (Å²) in [6, 6.07) is -0.869. The molecule has 1 amide bonds. The quantitative estimate of drug-likeness (QED) is 0.576. The first-order chi connectivity index (χ1) is 10.2. The molecular weight excluding hydrogens is 286 g/mol. The number of rotatable bonds is 5. The molecule has 1 rings (SSSR count). The van der Waals surface area contributed by atoms with Gasteiger partial charge in [-0.2, -0.15) is 0 Å². The Morgan fingerprint density at radius 1 is 1.23 bits per heavy atom. The predicted octanol–water partition coefficient (Wildman–Crippen LogP) is 2.69. The lowest BCUT2D eigenvalue weighted by molar-refractivity contribution is -0.152. The van der Waals surface area contributed by atoms with Crippen LogP contribution >= 0.6 is 0 Å². The third kappa shape index (κ3) is 6.45. The highest BCUT2D eigenvalue weighted by Gasteiger charge is 2.28. The topological polar surface area (TPSA) is 72.9 Å². The van der Waals surface area contributed by atoms with Gasteiger partial charge < -0.3 is 19.2 Å². The third-order valence-corrected chi connectivity index (χ3v) is 3.56. The Morgan fingerprint density at radius 3 is 2.32 bits per heavy atom. The number of hydrogen-bond donors (Lipinski definition) is 0. The minimum atomic E-state index is -0.869. The molecule has 0 saturated heterocycles. The number of nitrogens with zero attached hydrogens (tertiary/aromatic N) is 1. The number of esters is 1. The van der Waals surface area contributed by atoms with Crippen molar-refractivity contribution in [1.29, 1.82) is 0 Å². The van der Waals surface area contributed by atoms with Crippen LogP contribution in [0.2, 0.25) is 0 Å². The van der Waals surface area contributed by atoms with Crippen molar-refractivity contribution in [2.45, 2.75) is 77.0 Å². The molecule has 1 saturated carbocycles. The van der Waals surface area contributed by atoms with Crippen molar-refractivity contribution in [3.63, 3.8) is 0 Å². The molecule has 0 heterocycles. The molecule has 1 aliphatic rings. The van der Waals surface area contributed by atoms with Gasteiger partial charge in [0, 0.05) is 7.05 Å². The van der Waals surface area contributed by atoms with Gasteiger partial charge in [0.15, 0.2) is 0 Å². The summed E-state index contributed by atoms with van der Waals surface area (Å²) in [5.41, 5.74) is -0.651. The van der Waals surface area contributed by atoms with Crippen molar-refractivity contribution in [1.82, 2.24) is 4.90 Å². The molecule has 22 heavy (non-hydrogen) atoms. The Labute approximate surface area is 132 Å². The third-order valence-electron chi connectivity index (χ3n) is 3.56. The maximum atomic E-state index is 11.9. The summed E-state index contributed by atoms with van der Waals surface area (Å²) in [5, 5.41) is 0. The van der Waals surface area contributed by atoms with Crippen molar-refractivity contribution < 1.29 is 23.9 Å². The molecule has 0 aromatic heterocycles. The fraction of sp³-hybridized carbons (Fsp3) is 0.812. The number of amides is 1. The number of likely N-dealkylation sites (N-methyl/N-ethyl adjacent to an activating group) is 1. The molecule has 0 N–H and O–H groups in total. The smallest absolute Gasteiger partial charge is 0.410 e. The fourth-order valence-electron chi connectivity index (χ4n) is 2.33. The van der Waals surface area contributed by atoms with Gasteiger partial charge >= 0.3 is 12.1 Å². The first kappa shape index (κ1) is 18.5. The monoisotopic (exact) mass is 313 g/mol. The van der Waals surface area contributed by atoms with Gasteiger partial charge in [0.1, 0.15) is 24.0 Å². The maximum absolute atomic E-state index is 11.9. The molecule has 0 radical (unpaired) electrons. The van der Waals surface area contributed by atoms with Gasteiger partial charge in [0.2, 0.25) is 0 Å². The van der Waals surface area contributed by atoms with E-state index in [-0.39, 0.29) is 12.5 Å². The molecule has 0 aliphatic heterocycles. The molecule has 1 atom stereocenters. The maximum Gasteiger partial charge on any atom is 0.410 e. The van der Waals surface area contributed by atoms with Crippen molar-refractivity contribution >= 4 is 18.3 Å². The molecule has 0 aromatic carbocycles. The Balaban J connectivity index is 2.50. The summed E-state index contributed by atoms with van der Waals surface area (Å²) in [7, 11) is 1.45. The van der Waals surface area contributed by atoms with Crippen molar-refractivity contribution in [2.75, 3.05) is 7.05 Å². The van der Waals surface area contributed by atoms with E-state index in [1.165, 1.54) is 13.5 Å². The van der Waals surface area contributed by atoms with Gasteiger partial charge in [-0.1, -0.05) is 6.42 Å². The summed E-state index contributed by atoms with van der Waals surface area (Å²) in [6.45, 7) is 5.23. The van der Waals surface area contributed by atoms with E-state index in [9.17, 15) is 14.4 Å². The van der Waals surface area contributed by atoms with Crippen LogP contribution < -0.4 is 0 Å². The molecule has 126 valence electrons. The van der Waals surface area contributed by atoms with Crippen molar-refractivity contribution in [2.24, 2.45) is 0 Å². The molecule has 0 bridgehead atoms. The Hall–Kier alpha value is -1.59. The average molecular weight is 313 g/mol. The van der Waals surface area contributed by atoms with E-state index in [1.54, 1.807) is 20.8 Å². The lowest BCUT2D eigenvalue weighted by Gasteiger charge is -2.28. The van der Waals surface area contributed by atoms with E-state index in [4.69, 9.17) is 9.47 Å². The second-order valence-electron chi connectivity index (χ2n) is 6.75. The molecule has 6 heteroatoms. The van der Waals surface area contributed by atoms with Crippen LogP contribution in [0.1, 0.15) is 59.3 Å². The van der Waals surface area contributed by atoms with Crippen molar-refractivity contribution in [3.05, 3.63) is 0 Å². The van der Waals surface area contributed by atoms with E-state index < -0.39 is 23.7 Å². The number of carbonyl (C=O) groups is 3. The van der Waals surface area contributed by atoms with E-state index in [2.05, 4.69) is 0 Å². The van der Waals surface area contributed by atoms with Crippen LogP contribution in [-0.4, -0.2) is 48.0 Å². The van der Waals surface area contributed by atoms with Gasteiger partial charge in [0.05, 0.1) is 6.42 Å². The highest BCUT2D eigenvalue weighted by atomic mass is 16.6. The van der Waals surface area contributed by atoms with Gasteiger partial charge in [-0.05, 0) is 46.5 Å². The van der Waals surface area contributed by atoms with Crippen LogP contribution in [0.15, 0.2) is 0 Å². The first-order valence-corrected chi connectivity index (χ1v) is 7.83. The van der Waals surface area contributed by atoms with Gasteiger partial charge in [-0.15, -0.1) is 0 Å². The number of ether oxygens (including phenoxy) is 2. The van der Waals surface area contributed by atoms with E-state index in [1.807, 2.05) is 0 Å². The van der Waals surface area contributed by atoms with Crippen LogP contribution in [0, 0.1) is 0 Å². The number of aldehydes is 1. The average Bonchev–Trinajstić information content (AvgIpc) is 2.43. The minimum Gasteiger partial charge on any atom is -0.462 e. The molecule has 0 unspecified atom stereocenters. The van der Waals surface area contributed by atoms with Gasteiger partial charge in [-0.25, -0.2) is 4.79 Å². The summed E-state index contributed by atoms with van der Waals surface area (Å²) >= 11 is 0. The fourth-order valence-corrected chi connectivity index (χ4v) is 2.33. The zero-order valence-electron chi connectivity index (χ0n) is 14.0. The standard InChI is InChI=1S/C16H27NO5/c1-16(2,3)22-15(20)17(4)12(11-18)10-14(19)21-13-8-6-5-7-9-13/h11-13H,5-10H2,1-4H3/t12-/m0/s1. The first-order valence-electron chi connectivity index (χ1n) is 7.83. The van der Waals surface area contributed by atoms with Gasteiger partial charge in [-0.3, -0.25) is 4.79 Å². The summed E-state index contributed by atoms with van der Waals surface area (Å²) in [5.74, 6) is -0.445. The molecule has 0 spiro atoms. The normalized spacial score (nSPS) is 17.5.